The van der Waals surface area contributed by atoms with Crippen LogP contribution in [-0.2, 0) is 16.2 Å². The Bertz CT molecular complexity index is 1040. The molecule has 0 spiro atoms. The highest BCUT2D eigenvalue weighted by Gasteiger charge is 2.36. The smallest absolute Gasteiger partial charge is 0.417 e. The van der Waals surface area contributed by atoms with Gasteiger partial charge in [0.25, 0.3) is 5.91 Å². The summed E-state index contributed by atoms with van der Waals surface area (Å²) in [5.74, 6) is -0.432. The van der Waals surface area contributed by atoms with Crippen molar-refractivity contribution in [3.63, 3.8) is 0 Å². The minimum Gasteiger partial charge on any atom is -0.619 e. The van der Waals surface area contributed by atoms with Crippen LogP contribution >= 0.6 is 11.6 Å². The highest BCUT2D eigenvalue weighted by molar-refractivity contribution is 7.89. The van der Waals surface area contributed by atoms with Crippen LogP contribution in [0.15, 0.2) is 47.6 Å². The van der Waals surface area contributed by atoms with E-state index in [4.69, 9.17) is 11.6 Å². The number of hydrogen-bond acceptors (Lipinski definition) is 4. The Hall–Kier alpha value is -2.37. The highest BCUT2D eigenvalue weighted by atomic mass is 35.5. The van der Waals surface area contributed by atoms with Crippen LogP contribution in [0.3, 0.4) is 0 Å². The molecule has 1 aromatic heterocycles. The third kappa shape index (κ3) is 4.46. The predicted octanol–water partition coefficient (Wildman–Crippen LogP) is 2.14. The van der Waals surface area contributed by atoms with Gasteiger partial charge in [0.1, 0.15) is 5.56 Å². The second-order valence-electron chi connectivity index (χ2n) is 6.29. The molecule has 0 unspecified atom stereocenters. The van der Waals surface area contributed by atoms with Crippen molar-refractivity contribution in [3.05, 3.63) is 64.1 Å². The third-order valence-electron chi connectivity index (χ3n) is 4.43. The van der Waals surface area contributed by atoms with Gasteiger partial charge in [0.2, 0.25) is 10.0 Å². The highest BCUT2D eigenvalue weighted by Crippen LogP contribution is 2.36. The maximum atomic E-state index is 13.0. The predicted molar refractivity (Wildman–Crippen MR) is 96.5 cm³/mol. The van der Waals surface area contributed by atoms with Gasteiger partial charge in [-0.05, 0) is 24.3 Å². The van der Waals surface area contributed by atoms with Gasteiger partial charge in [0, 0.05) is 32.2 Å². The summed E-state index contributed by atoms with van der Waals surface area (Å²) in [6.45, 7) is -0.123. The van der Waals surface area contributed by atoms with E-state index in [1.165, 1.54) is 23.2 Å². The molecule has 2 aromatic rings. The summed E-state index contributed by atoms with van der Waals surface area (Å²) in [6, 6.07) is 5.30. The maximum Gasteiger partial charge on any atom is 0.417 e. The largest absolute Gasteiger partial charge is 0.619 e. The summed E-state index contributed by atoms with van der Waals surface area (Å²) in [5, 5.41) is 10.7. The first-order valence-corrected chi connectivity index (χ1v) is 10.2. The number of carbonyl (C=O) groups excluding carboxylic acids is 1. The van der Waals surface area contributed by atoms with Crippen LogP contribution in [0, 0.1) is 5.21 Å². The van der Waals surface area contributed by atoms with Gasteiger partial charge in [0.15, 0.2) is 12.4 Å². The third-order valence-corrected chi connectivity index (χ3v) is 6.65. The summed E-state index contributed by atoms with van der Waals surface area (Å²) >= 11 is 5.54. The number of hydrogen-bond donors (Lipinski definition) is 0. The number of nitrogens with zero attached hydrogens (tertiary/aromatic N) is 3. The van der Waals surface area contributed by atoms with Crippen LogP contribution in [0.1, 0.15) is 15.9 Å². The minimum absolute atomic E-state index is 0.0333. The van der Waals surface area contributed by atoms with E-state index < -0.39 is 37.6 Å². The van der Waals surface area contributed by atoms with E-state index >= 15 is 0 Å². The Morgan fingerprint density at radius 2 is 1.79 bits per heavy atom. The number of rotatable bonds is 3. The number of aromatic nitrogens is 1. The number of halogens is 4. The maximum absolute atomic E-state index is 13.0. The first-order valence-electron chi connectivity index (χ1n) is 8.35. The van der Waals surface area contributed by atoms with Gasteiger partial charge in [0.05, 0.1) is 15.5 Å². The molecule has 0 radical (unpaired) electrons. The first-order chi connectivity index (χ1) is 13.5. The fourth-order valence-electron chi connectivity index (χ4n) is 2.93. The van der Waals surface area contributed by atoms with Gasteiger partial charge in [-0.1, -0.05) is 11.6 Å². The molecule has 0 atom stereocenters. The van der Waals surface area contributed by atoms with Crippen molar-refractivity contribution in [2.24, 2.45) is 0 Å². The number of alkyl halides is 3. The standard InChI is InChI=1S/C17H15ClF3N3O4S/c18-15-4-3-13(10-14(15)17(19,20)21)29(27,28)24-8-6-22(7-9-24)16(25)12-2-1-5-23(26)11-12/h1-5,10-11H,6-9H2. The summed E-state index contributed by atoms with van der Waals surface area (Å²) in [4.78, 5) is 13.3. The molecule has 12 heteroatoms. The van der Waals surface area contributed by atoms with Crippen LogP contribution in [0.25, 0.3) is 0 Å². The van der Waals surface area contributed by atoms with E-state index in [1.807, 2.05) is 0 Å². The van der Waals surface area contributed by atoms with Crippen molar-refractivity contribution in [2.45, 2.75) is 11.1 Å². The Morgan fingerprint density at radius 3 is 2.38 bits per heavy atom. The van der Waals surface area contributed by atoms with E-state index in [1.54, 1.807) is 0 Å². The van der Waals surface area contributed by atoms with E-state index in [-0.39, 0.29) is 31.7 Å². The van der Waals surface area contributed by atoms with E-state index in [0.717, 1.165) is 22.6 Å². The SMILES string of the molecule is O=C(c1ccc[n+]([O-])c1)N1CCN(S(=O)(=O)c2ccc(Cl)c(C(F)(F)F)c2)CC1. The zero-order valence-electron chi connectivity index (χ0n) is 14.8. The molecule has 0 bridgehead atoms. The molecule has 7 nitrogen and oxygen atoms in total. The zero-order valence-corrected chi connectivity index (χ0v) is 16.3. The van der Waals surface area contributed by atoms with Gasteiger partial charge >= 0.3 is 6.18 Å². The number of sulfonamides is 1. The number of benzene rings is 1. The van der Waals surface area contributed by atoms with Crippen LogP contribution in [-0.4, -0.2) is 49.7 Å². The van der Waals surface area contributed by atoms with Crippen molar-refractivity contribution in [1.29, 1.82) is 0 Å². The normalized spacial score (nSPS) is 16.1. The Kier molecular flexibility index (Phi) is 5.74. The molecule has 156 valence electrons. The fourth-order valence-corrected chi connectivity index (χ4v) is 4.60. The van der Waals surface area contributed by atoms with Crippen LogP contribution in [0.5, 0.6) is 0 Å². The van der Waals surface area contributed by atoms with Gasteiger partial charge in [-0.3, -0.25) is 4.79 Å². The summed E-state index contributed by atoms with van der Waals surface area (Å²) < 4.78 is 66.0. The van der Waals surface area contributed by atoms with Gasteiger partial charge in [-0.2, -0.15) is 22.2 Å². The Morgan fingerprint density at radius 1 is 1.14 bits per heavy atom. The first kappa shape index (κ1) is 21.3. The van der Waals surface area contributed by atoms with Crippen LogP contribution in [0.2, 0.25) is 5.02 Å². The summed E-state index contributed by atoms with van der Waals surface area (Å²) in [5.41, 5.74) is -1.07. The molecule has 1 aliphatic rings. The van der Waals surface area contributed by atoms with E-state index in [0.29, 0.717) is 10.8 Å². The topological polar surface area (TPSA) is 84.6 Å². The summed E-state index contributed by atoms with van der Waals surface area (Å²) in [6.07, 6.45) is -2.46. The molecule has 1 aromatic carbocycles. The van der Waals surface area contributed by atoms with Gasteiger partial charge in [-0.15, -0.1) is 0 Å². The van der Waals surface area contributed by atoms with Crippen molar-refractivity contribution >= 4 is 27.5 Å². The van der Waals surface area contributed by atoms with Crippen LogP contribution in [0.4, 0.5) is 13.2 Å². The number of piperazine rings is 1. The fraction of sp³-hybridized carbons (Fsp3) is 0.294. The Labute approximate surface area is 169 Å². The number of pyridine rings is 1. The minimum atomic E-state index is -4.79. The molecule has 0 N–H and O–H groups in total. The quantitative estimate of drug-likeness (QED) is 0.531. The van der Waals surface area contributed by atoms with Gasteiger partial charge in [-0.25, -0.2) is 8.42 Å². The second-order valence-corrected chi connectivity index (χ2v) is 8.63. The molecule has 2 heterocycles. The molecule has 0 saturated carbocycles. The van der Waals surface area contributed by atoms with Crippen molar-refractivity contribution < 1.29 is 31.1 Å². The average Bonchev–Trinajstić information content (AvgIpc) is 2.67. The van der Waals surface area contributed by atoms with Crippen LogP contribution < -0.4 is 4.73 Å². The molecular weight excluding hydrogens is 435 g/mol. The molecule has 29 heavy (non-hydrogen) atoms. The second kappa shape index (κ2) is 7.81. The lowest BCUT2D eigenvalue weighted by Crippen LogP contribution is -2.50. The summed E-state index contributed by atoms with van der Waals surface area (Å²) in [7, 11) is -4.20. The number of amides is 1. The van der Waals surface area contributed by atoms with E-state index in [9.17, 15) is 31.6 Å². The molecular formula is C17H15ClF3N3O4S. The molecule has 1 amide bonds. The van der Waals surface area contributed by atoms with Crippen molar-refractivity contribution in [2.75, 3.05) is 26.2 Å². The van der Waals surface area contributed by atoms with E-state index in [2.05, 4.69) is 0 Å². The van der Waals surface area contributed by atoms with Gasteiger partial charge < -0.3 is 10.1 Å². The Balaban J connectivity index is 1.76. The molecule has 1 fully saturated rings. The lowest BCUT2D eigenvalue weighted by molar-refractivity contribution is -0.605. The molecule has 1 saturated heterocycles. The number of carbonyl (C=O) groups is 1. The lowest BCUT2D eigenvalue weighted by atomic mass is 10.2. The van der Waals surface area contributed by atoms with Crippen molar-refractivity contribution in [3.8, 4) is 0 Å². The molecule has 0 aliphatic carbocycles. The zero-order chi connectivity index (χ0) is 21.4. The molecule has 1 aliphatic heterocycles. The average molecular weight is 450 g/mol. The lowest BCUT2D eigenvalue weighted by Gasteiger charge is -2.34. The monoisotopic (exact) mass is 449 g/mol. The molecule has 3 rings (SSSR count). The van der Waals surface area contributed by atoms with Crippen molar-refractivity contribution in [1.82, 2.24) is 9.21 Å².